The van der Waals surface area contributed by atoms with Gasteiger partial charge in [-0.2, -0.15) is 4.98 Å². The van der Waals surface area contributed by atoms with E-state index in [1.807, 2.05) is 0 Å². The molecule has 3 rings (SSSR count). The monoisotopic (exact) mass is 346 g/mol. The van der Waals surface area contributed by atoms with Crippen LogP contribution in [0.25, 0.3) is 22.4 Å². The Kier molecular flexibility index (Phi) is 5.14. The molecule has 9 heteroatoms. The predicted molar refractivity (Wildman–Crippen MR) is 85.4 cm³/mol. The Hall–Kier alpha value is -3.07. The number of rotatable bonds is 7. The molecular weight excluding hydrogens is 331 g/mol. The average molecular weight is 346 g/mol. The maximum absolute atomic E-state index is 13.5. The summed E-state index contributed by atoms with van der Waals surface area (Å²) in [6.45, 7) is 0.530. The lowest BCUT2D eigenvalue weighted by Crippen LogP contribution is -2.31. The van der Waals surface area contributed by atoms with Crippen LogP contribution in [-0.2, 0) is 9.53 Å². The molecule has 0 bridgehead atoms. The fraction of sp³-hybridized carbons (Fsp3) is 0.250. The molecule has 1 amide bonds. The minimum Gasteiger partial charge on any atom is -0.467 e. The van der Waals surface area contributed by atoms with Crippen molar-refractivity contribution >= 4 is 17.0 Å². The molecule has 130 valence electrons. The Morgan fingerprint density at radius 2 is 2.24 bits per heavy atom. The molecule has 1 aromatic carbocycles. The van der Waals surface area contributed by atoms with Gasteiger partial charge in [-0.1, -0.05) is 17.3 Å². The Bertz CT molecular complexity index is 883. The van der Waals surface area contributed by atoms with Gasteiger partial charge in [-0.05, 0) is 12.1 Å². The Morgan fingerprint density at radius 1 is 1.36 bits per heavy atom. The number of fused-ring (bicyclic) bond motifs is 1. The molecule has 0 atom stereocenters. The van der Waals surface area contributed by atoms with Crippen molar-refractivity contribution in [1.29, 1.82) is 0 Å². The van der Waals surface area contributed by atoms with E-state index in [0.717, 1.165) is 0 Å². The van der Waals surface area contributed by atoms with E-state index in [2.05, 4.69) is 20.4 Å². The van der Waals surface area contributed by atoms with E-state index in [1.54, 1.807) is 19.2 Å². The van der Waals surface area contributed by atoms with Crippen LogP contribution in [0.2, 0.25) is 0 Å². The van der Waals surface area contributed by atoms with Crippen LogP contribution in [0.4, 0.5) is 4.39 Å². The maximum Gasteiger partial charge on any atom is 0.265 e. The molecule has 0 unspecified atom stereocenters. The molecule has 0 aliphatic carbocycles. The zero-order chi connectivity index (χ0) is 17.6. The minimum atomic E-state index is -0.412. The smallest absolute Gasteiger partial charge is 0.265 e. The van der Waals surface area contributed by atoms with Crippen LogP contribution in [0.3, 0.4) is 0 Å². The molecule has 0 saturated heterocycles. The van der Waals surface area contributed by atoms with Gasteiger partial charge in [-0.3, -0.25) is 4.79 Å². The van der Waals surface area contributed by atoms with Gasteiger partial charge < -0.3 is 19.3 Å². The molecule has 0 spiro atoms. The Balaban J connectivity index is 1.84. The van der Waals surface area contributed by atoms with Gasteiger partial charge in [0, 0.05) is 19.2 Å². The molecule has 1 N–H and O–H groups in total. The third kappa shape index (κ3) is 3.89. The molecule has 0 saturated carbocycles. The van der Waals surface area contributed by atoms with Gasteiger partial charge in [0.1, 0.15) is 23.2 Å². The molecule has 0 radical (unpaired) electrons. The Morgan fingerprint density at radius 3 is 3.04 bits per heavy atom. The van der Waals surface area contributed by atoms with Crippen molar-refractivity contribution < 1.29 is 23.2 Å². The van der Waals surface area contributed by atoms with Crippen LogP contribution in [0.1, 0.15) is 0 Å². The summed E-state index contributed by atoms with van der Waals surface area (Å²) in [6.07, 6.45) is 1.24. The van der Waals surface area contributed by atoms with E-state index in [1.165, 1.54) is 18.5 Å². The lowest BCUT2D eigenvalue weighted by atomic mass is 10.1. The highest BCUT2D eigenvalue weighted by Crippen LogP contribution is 2.32. The van der Waals surface area contributed by atoms with Gasteiger partial charge in [-0.25, -0.2) is 9.37 Å². The number of aromatic nitrogens is 3. The van der Waals surface area contributed by atoms with Gasteiger partial charge in [0.2, 0.25) is 5.88 Å². The number of nitrogens with one attached hydrogen (secondary N) is 1. The lowest BCUT2D eigenvalue weighted by molar-refractivity contribution is -0.123. The van der Waals surface area contributed by atoms with Crippen molar-refractivity contribution in [1.82, 2.24) is 20.4 Å². The summed E-state index contributed by atoms with van der Waals surface area (Å²) < 4.78 is 28.9. The highest BCUT2D eigenvalue weighted by molar-refractivity contribution is 5.93. The topological polar surface area (TPSA) is 99.4 Å². The predicted octanol–water partition coefficient (Wildman–Crippen LogP) is 1.57. The number of carbonyl (C=O) groups excluding carboxylic acids is 1. The highest BCUT2D eigenvalue weighted by Gasteiger charge is 2.18. The SMILES string of the molecule is COCCNC(=O)COc1ncnc2onc(-c3cccc(F)c3)c12. The fourth-order valence-corrected chi connectivity index (χ4v) is 2.18. The van der Waals surface area contributed by atoms with E-state index < -0.39 is 5.82 Å². The molecule has 0 aliphatic heterocycles. The van der Waals surface area contributed by atoms with E-state index in [9.17, 15) is 9.18 Å². The lowest BCUT2D eigenvalue weighted by Gasteiger charge is -2.07. The number of carbonyl (C=O) groups is 1. The van der Waals surface area contributed by atoms with Gasteiger partial charge in [0.15, 0.2) is 6.61 Å². The third-order valence-corrected chi connectivity index (χ3v) is 3.30. The number of hydrogen-bond acceptors (Lipinski definition) is 7. The zero-order valence-electron chi connectivity index (χ0n) is 13.4. The molecule has 2 aromatic heterocycles. The van der Waals surface area contributed by atoms with E-state index in [-0.39, 0.29) is 24.1 Å². The summed E-state index contributed by atoms with van der Waals surface area (Å²) in [6, 6.07) is 5.86. The summed E-state index contributed by atoms with van der Waals surface area (Å²) in [7, 11) is 1.54. The summed E-state index contributed by atoms with van der Waals surface area (Å²) in [5.74, 6) is -0.606. The van der Waals surface area contributed by atoms with E-state index in [4.69, 9.17) is 14.0 Å². The fourth-order valence-electron chi connectivity index (χ4n) is 2.18. The minimum absolute atomic E-state index is 0.132. The second-order valence-corrected chi connectivity index (χ2v) is 5.03. The summed E-state index contributed by atoms with van der Waals surface area (Å²) in [5.41, 5.74) is 1.01. The highest BCUT2D eigenvalue weighted by atomic mass is 19.1. The molecule has 2 heterocycles. The number of ether oxygens (including phenoxy) is 2. The first-order valence-corrected chi connectivity index (χ1v) is 7.44. The van der Waals surface area contributed by atoms with Gasteiger partial charge in [0.05, 0.1) is 6.61 Å². The molecular formula is C16H15FN4O4. The second kappa shape index (κ2) is 7.67. The van der Waals surface area contributed by atoms with Gasteiger partial charge in [-0.15, -0.1) is 0 Å². The molecule has 0 fully saturated rings. The van der Waals surface area contributed by atoms with Gasteiger partial charge >= 0.3 is 0 Å². The third-order valence-electron chi connectivity index (χ3n) is 3.30. The molecule has 8 nitrogen and oxygen atoms in total. The molecule has 0 aliphatic rings. The summed E-state index contributed by atoms with van der Waals surface area (Å²) in [5, 5.41) is 6.92. The van der Waals surface area contributed by atoms with Crippen LogP contribution in [0.5, 0.6) is 5.88 Å². The van der Waals surface area contributed by atoms with E-state index in [0.29, 0.717) is 29.8 Å². The normalized spacial score (nSPS) is 10.8. The number of benzene rings is 1. The van der Waals surface area contributed by atoms with Crippen molar-refractivity contribution in [2.45, 2.75) is 0 Å². The summed E-state index contributed by atoms with van der Waals surface area (Å²) in [4.78, 5) is 19.7. The zero-order valence-corrected chi connectivity index (χ0v) is 13.4. The quantitative estimate of drug-likeness (QED) is 0.648. The van der Waals surface area contributed by atoms with Crippen LogP contribution in [0.15, 0.2) is 35.1 Å². The van der Waals surface area contributed by atoms with Crippen molar-refractivity contribution in [3.63, 3.8) is 0 Å². The Labute approximate surface area is 142 Å². The van der Waals surface area contributed by atoms with Crippen molar-refractivity contribution in [2.24, 2.45) is 0 Å². The number of amides is 1. The van der Waals surface area contributed by atoms with Crippen LogP contribution in [0, 0.1) is 5.82 Å². The molecule has 25 heavy (non-hydrogen) atoms. The van der Waals surface area contributed by atoms with Crippen molar-refractivity contribution in [2.75, 3.05) is 26.9 Å². The van der Waals surface area contributed by atoms with Crippen LogP contribution < -0.4 is 10.1 Å². The van der Waals surface area contributed by atoms with Crippen LogP contribution >= 0.6 is 0 Å². The number of methoxy groups -OCH3 is 1. The number of nitrogens with zero attached hydrogens (tertiary/aromatic N) is 3. The van der Waals surface area contributed by atoms with Crippen molar-refractivity contribution in [3.8, 4) is 17.1 Å². The summed E-state index contributed by atoms with van der Waals surface area (Å²) >= 11 is 0. The molecule has 3 aromatic rings. The van der Waals surface area contributed by atoms with Gasteiger partial charge in [0.25, 0.3) is 11.6 Å². The first-order chi connectivity index (χ1) is 12.2. The number of halogens is 1. The van der Waals surface area contributed by atoms with Crippen LogP contribution in [-0.4, -0.2) is 47.9 Å². The first-order valence-electron chi connectivity index (χ1n) is 7.44. The van der Waals surface area contributed by atoms with Crippen molar-refractivity contribution in [3.05, 3.63) is 36.4 Å². The first kappa shape index (κ1) is 16.8. The largest absolute Gasteiger partial charge is 0.467 e. The number of hydrogen-bond donors (Lipinski definition) is 1. The maximum atomic E-state index is 13.5. The average Bonchev–Trinajstić information content (AvgIpc) is 3.05. The van der Waals surface area contributed by atoms with E-state index >= 15 is 0 Å². The standard InChI is InChI=1S/C16H15FN4O4/c1-23-6-5-18-12(22)8-24-15-13-14(10-3-2-4-11(17)7-10)21-25-16(13)20-9-19-15/h2-4,7,9H,5-6,8H2,1H3,(H,18,22). The second-order valence-electron chi connectivity index (χ2n) is 5.03.